The number of benzene rings is 1. The predicted molar refractivity (Wildman–Crippen MR) is 56.9 cm³/mol. The summed E-state index contributed by atoms with van der Waals surface area (Å²) < 4.78 is 32.3. The first-order chi connectivity index (χ1) is 7.51. The summed E-state index contributed by atoms with van der Waals surface area (Å²) in [6, 6.07) is 3.39. The Bertz CT molecular complexity index is 397. The fraction of sp³-hybridized carbons (Fsp3) is 0.500. The predicted octanol–water partition coefficient (Wildman–Crippen LogP) is 2.32. The Hall–Kier alpha value is -1.00. The van der Waals surface area contributed by atoms with Crippen molar-refractivity contribution in [3.63, 3.8) is 0 Å². The van der Waals surface area contributed by atoms with Crippen LogP contribution in [-0.2, 0) is 10.3 Å². The van der Waals surface area contributed by atoms with E-state index in [0.29, 0.717) is 13.0 Å². The summed E-state index contributed by atoms with van der Waals surface area (Å²) in [6.45, 7) is 2.23. The Morgan fingerprint density at radius 3 is 2.88 bits per heavy atom. The number of rotatable bonds is 1. The van der Waals surface area contributed by atoms with Crippen molar-refractivity contribution in [1.82, 2.24) is 0 Å². The zero-order valence-electron chi connectivity index (χ0n) is 9.17. The molecule has 1 aliphatic heterocycles. The van der Waals surface area contributed by atoms with Gasteiger partial charge in [0.2, 0.25) is 0 Å². The van der Waals surface area contributed by atoms with E-state index >= 15 is 0 Å². The summed E-state index contributed by atoms with van der Waals surface area (Å²) in [5.41, 5.74) is 5.28. The molecule has 0 bridgehead atoms. The maximum absolute atomic E-state index is 13.6. The molecule has 0 amide bonds. The number of hydrogen-bond acceptors (Lipinski definition) is 2. The molecule has 1 heterocycles. The minimum Gasteiger partial charge on any atom is -0.370 e. The second kappa shape index (κ2) is 4.11. The molecule has 88 valence electrons. The van der Waals surface area contributed by atoms with Crippen molar-refractivity contribution >= 4 is 0 Å². The topological polar surface area (TPSA) is 35.2 Å². The molecular weight excluding hydrogens is 212 g/mol. The molecule has 1 aromatic rings. The minimum absolute atomic E-state index is 0.0265. The summed E-state index contributed by atoms with van der Waals surface area (Å²) in [7, 11) is 0. The van der Waals surface area contributed by atoms with Crippen LogP contribution in [0.2, 0.25) is 0 Å². The Morgan fingerprint density at radius 2 is 2.19 bits per heavy atom. The highest BCUT2D eigenvalue weighted by Gasteiger charge is 2.35. The summed E-state index contributed by atoms with van der Waals surface area (Å²) >= 11 is 0. The van der Waals surface area contributed by atoms with Crippen LogP contribution in [0.1, 0.15) is 25.3 Å². The number of nitrogens with two attached hydrogens (primary N) is 1. The van der Waals surface area contributed by atoms with Gasteiger partial charge in [0, 0.05) is 18.2 Å². The number of halogens is 2. The highest BCUT2D eigenvalue weighted by molar-refractivity contribution is 5.25. The summed E-state index contributed by atoms with van der Waals surface area (Å²) in [5, 5.41) is 0. The molecule has 16 heavy (non-hydrogen) atoms. The summed E-state index contributed by atoms with van der Waals surface area (Å²) in [4.78, 5) is 0. The van der Waals surface area contributed by atoms with E-state index in [0.717, 1.165) is 18.6 Å². The van der Waals surface area contributed by atoms with Gasteiger partial charge in [0.05, 0.1) is 5.60 Å². The third-order valence-corrected chi connectivity index (χ3v) is 3.06. The molecule has 2 atom stereocenters. The van der Waals surface area contributed by atoms with Crippen LogP contribution in [0.25, 0.3) is 0 Å². The van der Waals surface area contributed by atoms with E-state index in [1.165, 1.54) is 6.07 Å². The molecule has 0 aromatic heterocycles. The Morgan fingerprint density at radius 1 is 1.44 bits per heavy atom. The monoisotopic (exact) mass is 227 g/mol. The Balaban J connectivity index is 2.37. The number of hydrogen-bond donors (Lipinski definition) is 1. The molecule has 2 N–H and O–H groups in total. The van der Waals surface area contributed by atoms with Crippen LogP contribution in [0, 0.1) is 11.6 Å². The van der Waals surface area contributed by atoms with Gasteiger partial charge in [0.1, 0.15) is 11.6 Å². The average Bonchev–Trinajstić information content (AvgIpc) is 2.21. The van der Waals surface area contributed by atoms with E-state index in [1.54, 1.807) is 6.92 Å². The smallest absolute Gasteiger partial charge is 0.129 e. The van der Waals surface area contributed by atoms with Gasteiger partial charge >= 0.3 is 0 Å². The lowest BCUT2D eigenvalue weighted by Gasteiger charge is -2.37. The third kappa shape index (κ3) is 2.08. The van der Waals surface area contributed by atoms with E-state index < -0.39 is 17.2 Å². The SMILES string of the molecule is CC1(c2cc(F)ccc2F)CC(N)CCO1. The van der Waals surface area contributed by atoms with Crippen LogP contribution < -0.4 is 5.73 Å². The third-order valence-electron chi connectivity index (χ3n) is 3.06. The molecule has 0 radical (unpaired) electrons. The molecule has 0 spiro atoms. The fourth-order valence-corrected chi connectivity index (χ4v) is 2.19. The quantitative estimate of drug-likeness (QED) is 0.799. The van der Waals surface area contributed by atoms with Gasteiger partial charge in [0.15, 0.2) is 0 Å². The van der Waals surface area contributed by atoms with Gasteiger partial charge in [-0.15, -0.1) is 0 Å². The van der Waals surface area contributed by atoms with Crippen molar-refractivity contribution < 1.29 is 13.5 Å². The Labute approximate surface area is 93.4 Å². The lowest BCUT2D eigenvalue weighted by atomic mass is 9.86. The van der Waals surface area contributed by atoms with E-state index in [-0.39, 0.29) is 11.6 Å². The first kappa shape index (κ1) is 11.5. The summed E-state index contributed by atoms with van der Waals surface area (Å²) in [6.07, 6.45) is 1.26. The zero-order valence-corrected chi connectivity index (χ0v) is 9.17. The molecule has 4 heteroatoms. The van der Waals surface area contributed by atoms with E-state index in [1.807, 2.05) is 0 Å². The molecule has 1 saturated heterocycles. The molecule has 1 aliphatic rings. The van der Waals surface area contributed by atoms with Gasteiger partial charge in [-0.2, -0.15) is 0 Å². The maximum atomic E-state index is 13.6. The van der Waals surface area contributed by atoms with Crippen molar-refractivity contribution in [3.8, 4) is 0 Å². The van der Waals surface area contributed by atoms with E-state index in [4.69, 9.17) is 10.5 Å². The molecule has 0 saturated carbocycles. The fourth-order valence-electron chi connectivity index (χ4n) is 2.19. The first-order valence-electron chi connectivity index (χ1n) is 5.36. The van der Waals surface area contributed by atoms with Crippen LogP contribution in [0.5, 0.6) is 0 Å². The molecule has 0 aliphatic carbocycles. The van der Waals surface area contributed by atoms with Crippen molar-refractivity contribution in [2.24, 2.45) is 5.73 Å². The van der Waals surface area contributed by atoms with E-state index in [2.05, 4.69) is 0 Å². The van der Waals surface area contributed by atoms with Crippen molar-refractivity contribution in [2.75, 3.05) is 6.61 Å². The molecule has 1 fully saturated rings. The van der Waals surface area contributed by atoms with Crippen LogP contribution in [0.4, 0.5) is 8.78 Å². The van der Waals surface area contributed by atoms with Gasteiger partial charge in [-0.1, -0.05) is 0 Å². The lowest BCUT2D eigenvalue weighted by Crippen LogP contribution is -2.41. The lowest BCUT2D eigenvalue weighted by molar-refractivity contribution is -0.0787. The van der Waals surface area contributed by atoms with E-state index in [9.17, 15) is 8.78 Å². The van der Waals surface area contributed by atoms with Crippen molar-refractivity contribution in [3.05, 3.63) is 35.4 Å². The Kier molecular flexibility index (Phi) is 2.95. The second-order valence-corrected chi connectivity index (χ2v) is 4.46. The minimum atomic E-state index is -0.816. The normalized spacial score (nSPS) is 30.4. The molecular formula is C12H15F2NO. The summed E-state index contributed by atoms with van der Waals surface area (Å²) in [5.74, 6) is -0.904. The highest BCUT2D eigenvalue weighted by atomic mass is 19.1. The van der Waals surface area contributed by atoms with Crippen LogP contribution in [0.15, 0.2) is 18.2 Å². The van der Waals surface area contributed by atoms with Gasteiger partial charge in [-0.3, -0.25) is 0 Å². The first-order valence-corrected chi connectivity index (χ1v) is 5.36. The average molecular weight is 227 g/mol. The van der Waals surface area contributed by atoms with Gasteiger partial charge < -0.3 is 10.5 Å². The largest absolute Gasteiger partial charge is 0.370 e. The molecule has 2 rings (SSSR count). The molecule has 1 aromatic carbocycles. The van der Waals surface area contributed by atoms with Gasteiger partial charge in [-0.25, -0.2) is 8.78 Å². The van der Waals surface area contributed by atoms with Gasteiger partial charge in [-0.05, 0) is 38.0 Å². The standard InChI is InChI=1S/C12H15F2NO/c1-12(7-9(15)4-5-16-12)10-6-8(13)2-3-11(10)14/h2-3,6,9H,4-5,7,15H2,1H3. The van der Waals surface area contributed by atoms with Gasteiger partial charge in [0.25, 0.3) is 0 Å². The maximum Gasteiger partial charge on any atom is 0.129 e. The number of ether oxygens (including phenoxy) is 1. The second-order valence-electron chi connectivity index (χ2n) is 4.46. The molecule has 2 unspecified atom stereocenters. The van der Waals surface area contributed by atoms with Crippen LogP contribution in [0.3, 0.4) is 0 Å². The highest BCUT2D eigenvalue weighted by Crippen LogP contribution is 2.35. The van der Waals surface area contributed by atoms with Crippen molar-refractivity contribution in [2.45, 2.75) is 31.4 Å². The van der Waals surface area contributed by atoms with Crippen LogP contribution >= 0.6 is 0 Å². The zero-order chi connectivity index (χ0) is 11.8. The van der Waals surface area contributed by atoms with Crippen molar-refractivity contribution in [1.29, 1.82) is 0 Å². The molecule has 2 nitrogen and oxygen atoms in total. The van der Waals surface area contributed by atoms with Crippen LogP contribution in [-0.4, -0.2) is 12.6 Å².